The molecule has 0 heterocycles. The van der Waals surface area contributed by atoms with Crippen molar-refractivity contribution in [2.75, 3.05) is 0 Å². The predicted molar refractivity (Wildman–Crippen MR) is 69.9 cm³/mol. The van der Waals surface area contributed by atoms with Crippen LogP contribution in [0.2, 0.25) is 0 Å². The zero-order chi connectivity index (χ0) is 13.9. The van der Waals surface area contributed by atoms with Gasteiger partial charge in [-0.1, -0.05) is 54.1 Å². The molecule has 19 heavy (non-hydrogen) atoms. The lowest BCUT2D eigenvalue weighted by Crippen LogP contribution is -2.05. The fraction of sp³-hybridized carbons (Fsp3) is 0.0714. The summed E-state index contributed by atoms with van der Waals surface area (Å²) in [6, 6.07) is 13.7. The summed E-state index contributed by atoms with van der Waals surface area (Å²) in [6.07, 6.45) is -4.45. The van der Waals surface area contributed by atoms with E-state index in [4.69, 9.17) is 11.6 Å². The predicted octanol–water partition coefficient (Wildman–Crippen LogP) is 5.02. The van der Waals surface area contributed by atoms with Crippen LogP contribution >= 0.6 is 11.6 Å². The molecule has 0 radical (unpaired) electrons. The van der Waals surface area contributed by atoms with E-state index in [1.807, 2.05) is 0 Å². The number of hydrogen-bond acceptors (Lipinski definition) is 1. The van der Waals surface area contributed by atoms with Crippen molar-refractivity contribution in [3.63, 3.8) is 0 Å². The molecule has 2 aromatic rings. The highest BCUT2D eigenvalue weighted by Crippen LogP contribution is 2.36. The first-order valence-corrected chi connectivity index (χ1v) is 5.82. The number of halogens is 4. The summed E-state index contributed by atoms with van der Waals surface area (Å²) in [7, 11) is 0. The molecule has 0 aliphatic rings. The number of benzene rings is 2. The van der Waals surface area contributed by atoms with Gasteiger partial charge in [0.25, 0.3) is 0 Å². The summed E-state index contributed by atoms with van der Waals surface area (Å²) in [5, 5.41) is 0.0253. The first-order valence-electron chi connectivity index (χ1n) is 5.44. The van der Waals surface area contributed by atoms with E-state index in [1.54, 1.807) is 30.3 Å². The number of hydrogen-bond donors (Lipinski definition) is 0. The molecule has 0 atom stereocenters. The molecule has 0 saturated carbocycles. The average molecular weight is 284 g/mol. The first kappa shape index (κ1) is 13.6. The van der Waals surface area contributed by atoms with Crippen LogP contribution < -0.4 is 0 Å². The molecule has 0 aliphatic carbocycles. The van der Waals surface area contributed by atoms with Crippen molar-refractivity contribution in [1.82, 2.24) is 0 Å². The lowest BCUT2D eigenvalue weighted by molar-refractivity contribution is -0.137. The Balaban J connectivity index is 2.44. The minimum absolute atomic E-state index is 0.0253. The number of rotatable bonds is 2. The van der Waals surface area contributed by atoms with Crippen LogP contribution in [-0.2, 0) is 6.18 Å². The quantitative estimate of drug-likeness (QED) is 0.686. The maximum atomic E-state index is 12.8. The van der Waals surface area contributed by atoms with Gasteiger partial charge in [0.1, 0.15) is 5.17 Å². The monoisotopic (exact) mass is 283 g/mol. The highest BCUT2D eigenvalue weighted by atomic mass is 35.5. The van der Waals surface area contributed by atoms with Gasteiger partial charge in [-0.05, 0) is 12.1 Å². The van der Waals surface area contributed by atoms with Gasteiger partial charge in [0.05, 0.1) is 11.3 Å². The van der Waals surface area contributed by atoms with E-state index in [0.717, 1.165) is 6.07 Å². The van der Waals surface area contributed by atoms with Crippen molar-refractivity contribution in [1.29, 1.82) is 0 Å². The smallest absolute Gasteiger partial charge is 0.235 e. The summed E-state index contributed by atoms with van der Waals surface area (Å²) in [5.74, 6) is 0. The van der Waals surface area contributed by atoms with Crippen molar-refractivity contribution < 1.29 is 13.2 Å². The van der Waals surface area contributed by atoms with E-state index in [9.17, 15) is 13.2 Å². The van der Waals surface area contributed by atoms with E-state index in [1.165, 1.54) is 18.2 Å². The largest absolute Gasteiger partial charge is 0.418 e. The molecule has 0 N–H and O–H groups in total. The fourth-order valence-electron chi connectivity index (χ4n) is 1.56. The second-order valence-electron chi connectivity index (χ2n) is 3.78. The van der Waals surface area contributed by atoms with Gasteiger partial charge < -0.3 is 0 Å². The average Bonchev–Trinajstić information content (AvgIpc) is 2.39. The van der Waals surface area contributed by atoms with E-state index >= 15 is 0 Å². The van der Waals surface area contributed by atoms with Crippen LogP contribution in [0.3, 0.4) is 0 Å². The molecule has 0 unspecified atom stereocenters. The molecule has 0 amide bonds. The Morgan fingerprint density at radius 3 is 2.11 bits per heavy atom. The molecule has 0 saturated heterocycles. The second kappa shape index (κ2) is 5.45. The Labute approximate surface area is 113 Å². The van der Waals surface area contributed by atoms with Crippen molar-refractivity contribution in [3.8, 4) is 0 Å². The second-order valence-corrected chi connectivity index (χ2v) is 4.14. The number of nitrogens with zero attached hydrogens (tertiary/aromatic N) is 1. The third kappa shape index (κ3) is 3.35. The SMILES string of the molecule is FC(F)(F)c1ccccc1/N=C(\Cl)c1ccccc1. The van der Waals surface area contributed by atoms with E-state index in [0.29, 0.717) is 5.56 Å². The summed E-state index contributed by atoms with van der Waals surface area (Å²) in [5.41, 5.74) is -0.422. The van der Waals surface area contributed by atoms with Crippen LogP contribution in [0, 0.1) is 0 Å². The van der Waals surface area contributed by atoms with Gasteiger partial charge in [0, 0.05) is 5.56 Å². The summed E-state index contributed by atoms with van der Waals surface area (Å²) in [6.45, 7) is 0. The Kier molecular flexibility index (Phi) is 3.90. The molecule has 1 nitrogen and oxygen atoms in total. The summed E-state index contributed by atoms with van der Waals surface area (Å²) < 4.78 is 38.4. The lowest BCUT2D eigenvalue weighted by Gasteiger charge is -2.09. The molecule has 5 heteroatoms. The van der Waals surface area contributed by atoms with Crippen LogP contribution in [0.4, 0.5) is 18.9 Å². The molecule has 98 valence electrons. The van der Waals surface area contributed by atoms with Gasteiger partial charge in [0.2, 0.25) is 0 Å². The molecule has 2 rings (SSSR count). The van der Waals surface area contributed by atoms with Gasteiger partial charge >= 0.3 is 6.18 Å². The summed E-state index contributed by atoms with van der Waals surface area (Å²) in [4.78, 5) is 3.86. The zero-order valence-electron chi connectivity index (χ0n) is 9.66. The van der Waals surface area contributed by atoms with Crippen molar-refractivity contribution >= 4 is 22.5 Å². The minimum Gasteiger partial charge on any atom is -0.235 e. The maximum absolute atomic E-state index is 12.8. The Bertz CT molecular complexity index is 591. The topological polar surface area (TPSA) is 12.4 Å². The number of para-hydroxylation sites is 1. The van der Waals surface area contributed by atoms with Crippen molar-refractivity contribution in [3.05, 3.63) is 65.7 Å². The molecule has 0 aliphatic heterocycles. The molecule has 0 aromatic heterocycles. The Hall–Kier alpha value is -1.81. The fourth-order valence-corrected chi connectivity index (χ4v) is 1.77. The van der Waals surface area contributed by atoms with Gasteiger partial charge in [-0.15, -0.1) is 0 Å². The highest BCUT2D eigenvalue weighted by molar-refractivity contribution is 6.69. The highest BCUT2D eigenvalue weighted by Gasteiger charge is 2.33. The molecule has 0 spiro atoms. The zero-order valence-corrected chi connectivity index (χ0v) is 10.4. The van der Waals surface area contributed by atoms with Gasteiger partial charge in [-0.2, -0.15) is 13.2 Å². The molecule has 2 aromatic carbocycles. The van der Waals surface area contributed by atoms with Crippen LogP contribution in [-0.4, -0.2) is 5.17 Å². The van der Waals surface area contributed by atoms with Gasteiger partial charge in [-0.25, -0.2) is 4.99 Å². The van der Waals surface area contributed by atoms with Crippen LogP contribution in [0.5, 0.6) is 0 Å². The summed E-state index contributed by atoms with van der Waals surface area (Å²) >= 11 is 5.95. The van der Waals surface area contributed by atoms with Crippen LogP contribution in [0.15, 0.2) is 59.6 Å². The Morgan fingerprint density at radius 2 is 1.47 bits per heavy atom. The standard InChI is InChI=1S/C14H9ClF3N/c15-13(10-6-2-1-3-7-10)19-12-9-5-4-8-11(12)14(16,17)18/h1-9H/b19-13-. The number of aliphatic imine (C=N–C) groups is 1. The van der Waals surface area contributed by atoms with Crippen LogP contribution in [0.1, 0.15) is 11.1 Å². The van der Waals surface area contributed by atoms with E-state index < -0.39 is 11.7 Å². The van der Waals surface area contributed by atoms with Crippen molar-refractivity contribution in [2.24, 2.45) is 4.99 Å². The molecule has 0 bridgehead atoms. The normalized spacial score (nSPS) is 12.5. The maximum Gasteiger partial charge on any atom is 0.418 e. The third-order valence-corrected chi connectivity index (χ3v) is 2.74. The number of alkyl halides is 3. The lowest BCUT2D eigenvalue weighted by atomic mass is 10.1. The van der Waals surface area contributed by atoms with Gasteiger partial charge in [-0.3, -0.25) is 0 Å². The van der Waals surface area contributed by atoms with Crippen LogP contribution in [0.25, 0.3) is 0 Å². The van der Waals surface area contributed by atoms with Crippen molar-refractivity contribution in [2.45, 2.75) is 6.18 Å². The van der Waals surface area contributed by atoms with E-state index in [2.05, 4.69) is 4.99 Å². The molecular weight excluding hydrogens is 275 g/mol. The molecular formula is C14H9ClF3N. The first-order chi connectivity index (χ1) is 8.98. The third-order valence-electron chi connectivity index (χ3n) is 2.44. The molecule has 0 fully saturated rings. The van der Waals surface area contributed by atoms with E-state index in [-0.39, 0.29) is 10.9 Å². The minimum atomic E-state index is -4.45. The Morgan fingerprint density at radius 1 is 0.895 bits per heavy atom. The van der Waals surface area contributed by atoms with Gasteiger partial charge in [0.15, 0.2) is 0 Å².